The van der Waals surface area contributed by atoms with Crippen LogP contribution in [0.1, 0.15) is 30.7 Å². The van der Waals surface area contributed by atoms with Crippen LogP contribution >= 0.6 is 0 Å². The van der Waals surface area contributed by atoms with E-state index in [9.17, 15) is 17.2 Å². The van der Waals surface area contributed by atoms with Crippen LogP contribution in [0.3, 0.4) is 0 Å². The van der Waals surface area contributed by atoms with Gasteiger partial charge in [0.05, 0.1) is 12.4 Å². The molecule has 0 spiro atoms. The van der Waals surface area contributed by atoms with E-state index in [2.05, 4.69) is 4.72 Å². The fourth-order valence-electron chi connectivity index (χ4n) is 4.35. The lowest BCUT2D eigenvalue weighted by molar-refractivity contribution is 0.0737. The maximum Gasteiger partial charge on any atom is 0.211 e. The standard InChI is InChI=1S/C15H17F2NO3S/c16-11-2-3-12(17)15-14(11)9-1-4-13-8(10(9)7-21-15)5-6-22(19,20)18-13/h2-3,8-10,13,18H,1,4-7H2/t8-,9?,10-,13+/m0/s1. The Balaban J connectivity index is 1.70. The van der Waals surface area contributed by atoms with E-state index in [1.807, 2.05) is 0 Å². The number of fused-ring (bicyclic) bond motifs is 5. The number of halogens is 2. The highest BCUT2D eigenvalue weighted by atomic mass is 32.2. The average Bonchev–Trinajstić information content (AvgIpc) is 2.48. The second kappa shape index (κ2) is 4.89. The van der Waals surface area contributed by atoms with Gasteiger partial charge in [-0.05, 0) is 43.2 Å². The lowest BCUT2D eigenvalue weighted by atomic mass is 9.65. The summed E-state index contributed by atoms with van der Waals surface area (Å²) in [5, 5.41) is 0. The first-order chi connectivity index (χ1) is 10.5. The van der Waals surface area contributed by atoms with E-state index >= 15 is 0 Å². The number of benzene rings is 1. The van der Waals surface area contributed by atoms with E-state index in [1.54, 1.807) is 0 Å². The summed E-state index contributed by atoms with van der Waals surface area (Å²) in [5.74, 6) is -0.763. The normalized spacial score (nSPS) is 35.7. The summed E-state index contributed by atoms with van der Waals surface area (Å²) in [4.78, 5) is 0. The summed E-state index contributed by atoms with van der Waals surface area (Å²) >= 11 is 0. The predicted molar refractivity (Wildman–Crippen MR) is 76.1 cm³/mol. The summed E-state index contributed by atoms with van der Waals surface area (Å²) in [6.45, 7) is 0.320. The van der Waals surface area contributed by atoms with Gasteiger partial charge in [0.25, 0.3) is 0 Å². The average molecular weight is 329 g/mol. The van der Waals surface area contributed by atoms with Gasteiger partial charge >= 0.3 is 0 Å². The first-order valence-corrected chi connectivity index (χ1v) is 9.22. The lowest BCUT2D eigenvalue weighted by Gasteiger charge is -2.47. The van der Waals surface area contributed by atoms with Crippen molar-refractivity contribution >= 4 is 10.0 Å². The van der Waals surface area contributed by atoms with Gasteiger partial charge < -0.3 is 4.74 Å². The molecule has 2 heterocycles. The van der Waals surface area contributed by atoms with Crippen molar-refractivity contribution in [2.45, 2.75) is 31.2 Å². The van der Waals surface area contributed by atoms with Crippen LogP contribution in [0.25, 0.3) is 0 Å². The zero-order valence-corrected chi connectivity index (χ0v) is 12.7. The summed E-state index contributed by atoms with van der Waals surface area (Å²) in [6.07, 6.45) is 1.85. The minimum Gasteiger partial charge on any atom is -0.490 e. The molecule has 3 aliphatic rings. The molecule has 1 N–H and O–H groups in total. The molecular weight excluding hydrogens is 312 g/mol. The number of ether oxygens (including phenoxy) is 1. The van der Waals surface area contributed by atoms with Crippen molar-refractivity contribution in [1.29, 1.82) is 0 Å². The minimum absolute atomic E-state index is 0.0329. The summed E-state index contributed by atoms with van der Waals surface area (Å²) < 4.78 is 59.7. The van der Waals surface area contributed by atoms with Crippen LogP contribution in [0.5, 0.6) is 5.75 Å². The van der Waals surface area contributed by atoms with Crippen molar-refractivity contribution in [1.82, 2.24) is 4.72 Å². The Hall–Kier alpha value is -1.21. The van der Waals surface area contributed by atoms with Gasteiger partial charge in [-0.3, -0.25) is 0 Å². The number of rotatable bonds is 0. The van der Waals surface area contributed by atoms with Crippen molar-refractivity contribution in [2.24, 2.45) is 11.8 Å². The highest BCUT2D eigenvalue weighted by molar-refractivity contribution is 7.89. The summed E-state index contributed by atoms with van der Waals surface area (Å²) in [7, 11) is -3.19. The molecule has 4 atom stereocenters. The maximum atomic E-state index is 14.2. The van der Waals surface area contributed by atoms with E-state index in [0.717, 1.165) is 12.1 Å². The number of hydrogen-bond acceptors (Lipinski definition) is 3. The van der Waals surface area contributed by atoms with E-state index < -0.39 is 21.7 Å². The molecule has 0 aromatic heterocycles. The topological polar surface area (TPSA) is 55.4 Å². The third-order valence-corrected chi connectivity index (χ3v) is 6.74. The van der Waals surface area contributed by atoms with Gasteiger partial charge in [0, 0.05) is 17.5 Å². The zero-order valence-electron chi connectivity index (χ0n) is 11.9. The van der Waals surface area contributed by atoms with Gasteiger partial charge in [-0.1, -0.05) is 0 Å². The van der Waals surface area contributed by atoms with Crippen molar-refractivity contribution in [3.05, 3.63) is 29.3 Å². The van der Waals surface area contributed by atoms with Crippen LogP contribution in [0, 0.1) is 23.5 Å². The third kappa shape index (κ3) is 2.13. The Bertz CT molecular complexity index is 722. The van der Waals surface area contributed by atoms with E-state index in [-0.39, 0.29) is 35.3 Å². The fourth-order valence-corrected chi connectivity index (χ4v) is 5.80. The zero-order chi connectivity index (χ0) is 15.5. The van der Waals surface area contributed by atoms with E-state index in [0.29, 0.717) is 31.4 Å². The number of nitrogens with one attached hydrogen (secondary N) is 1. The second-order valence-corrected chi connectivity index (χ2v) is 8.30. The Kier molecular flexibility index (Phi) is 3.20. The molecule has 1 saturated heterocycles. The molecule has 4 nitrogen and oxygen atoms in total. The van der Waals surface area contributed by atoms with Crippen LogP contribution in [0.2, 0.25) is 0 Å². The summed E-state index contributed by atoms with van der Waals surface area (Å²) in [6, 6.07) is 2.13. The molecule has 1 aliphatic carbocycles. The number of hydrogen-bond donors (Lipinski definition) is 1. The van der Waals surface area contributed by atoms with Gasteiger partial charge in [0.1, 0.15) is 5.82 Å². The molecule has 2 aliphatic heterocycles. The van der Waals surface area contributed by atoms with Crippen LogP contribution in [-0.4, -0.2) is 26.8 Å². The van der Waals surface area contributed by atoms with Gasteiger partial charge in [0.15, 0.2) is 11.6 Å². The van der Waals surface area contributed by atoms with Crippen LogP contribution in [0.15, 0.2) is 12.1 Å². The molecular formula is C15H17F2NO3S. The lowest BCUT2D eigenvalue weighted by Crippen LogP contribution is -2.54. The molecule has 1 unspecified atom stereocenters. The Morgan fingerprint density at radius 2 is 1.86 bits per heavy atom. The second-order valence-electron chi connectivity index (χ2n) is 6.43. The monoisotopic (exact) mass is 329 g/mol. The van der Waals surface area contributed by atoms with E-state index in [1.165, 1.54) is 0 Å². The molecule has 1 saturated carbocycles. The largest absolute Gasteiger partial charge is 0.490 e. The molecule has 120 valence electrons. The molecule has 4 rings (SSSR count). The van der Waals surface area contributed by atoms with Crippen molar-refractivity contribution in [3.8, 4) is 5.75 Å². The molecule has 0 bridgehead atoms. The van der Waals surface area contributed by atoms with Gasteiger partial charge in [-0.2, -0.15) is 0 Å². The summed E-state index contributed by atoms with van der Waals surface area (Å²) in [5.41, 5.74) is 0.336. The smallest absolute Gasteiger partial charge is 0.211 e. The fraction of sp³-hybridized carbons (Fsp3) is 0.600. The van der Waals surface area contributed by atoms with Crippen LogP contribution < -0.4 is 9.46 Å². The molecule has 1 aromatic carbocycles. The van der Waals surface area contributed by atoms with Gasteiger partial charge in [-0.25, -0.2) is 21.9 Å². The SMILES string of the molecule is O=S1(=O)CC[C@H]2[C@@H]3COc4c(F)ccc(F)c4C3CC[C@H]2N1. The minimum atomic E-state index is -3.19. The van der Waals surface area contributed by atoms with Crippen molar-refractivity contribution in [2.75, 3.05) is 12.4 Å². The first-order valence-electron chi connectivity index (χ1n) is 7.57. The Labute approximate surface area is 127 Å². The predicted octanol–water partition coefficient (Wildman–Crippen LogP) is 2.16. The van der Waals surface area contributed by atoms with Crippen molar-refractivity contribution in [3.63, 3.8) is 0 Å². The molecule has 1 aromatic rings. The van der Waals surface area contributed by atoms with Crippen LogP contribution in [-0.2, 0) is 10.0 Å². The molecule has 7 heteroatoms. The Morgan fingerprint density at radius 1 is 1.09 bits per heavy atom. The highest BCUT2D eigenvalue weighted by Gasteiger charge is 2.47. The first kappa shape index (κ1) is 14.4. The number of sulfonamides is 1. The molecule has 0 radical (unpaired) electrons. The van der Waals surface area contributed by atoms with Crippen molar-refractivity contribution < 1.29 is 21.9 Å². The quantitative estimate of drug-likeness (QED) is 0.793. The molecule has 0 amide bonds. The van der Waals surface area contributed by atoms with Gasteiger partial charge in [0.2, 0.25) is 10.0 Å². The maximum absolute atomic E-state index is 14.2. The highest BCUT2D eigenvalue weighted by Crippen LogP contribution is 2.50. The van der Waals surface area contributed by atoms with Gasteiger partial charge in [-0.15, -0.1) is 0 Å². The molecule has 2 fully saturated rings. The molecule has 22 heavy (non-hydrogen) atoms. The van der Waals surface area contributed by atoms with Crippen LogP contribution in [0.4, 0.5) is 8.78 Å². The van der Waals surface area contributed by atoms with E-state index in [4.69, 9.17) is 4.74 Å². The Morgan fingerprint density at radius 3 is 2.68 bits per heavy atom. The third-order valence-electron chi connectivity index (χ3n) is 5.31.